The maximum atomic E-state index is 13.4. The molecule has 18 heavy (non-hydrogen) atoms. The maximum absolute atomic E-state index is 13.4. The van der Waals surface area contributed by atoms with Crippen LogP contribution in [0.15, 0.2) is 39.4 Å². The van der Waals surface area contributed by atoms with Gasteiger partial charge in [0.05, 0.1) is 17.9 Å². The molecule has 0 saturated heterocycles. The Labute approximate surface area is 120 Å². The third kappa shape index (κ3) is 3.05. The summed E-state index contributed by atoms with van der Waals surface area (Å²) in [6.45, 7) is 0.300. The molecule has 1 aromatic heterocycles. The van der Waals surface area contributed by atoms with Crippen molar-refractivity contribution >= 4 is 37.5 Å². The van der Waals surface area contributed by atoms with Crippen molar-refractivity contribution in [3.05, 3.63) is 56.7 Å². The van der Waals surface area contributed by atoms with Gasteiger partial charge in [0, 0.05) is 15.1 Å². The van der Waals surface area contributed by atoms with Crippen molar-refractivity contribution in [2.75, 3.05) is 5.32 Å². The first-order valence-corrected chi connectivity index (χ1v) is 6.64. The Kier molecular flexibility index (Phi) is 4.29. The van der Waals surface area contributed by atoms with Crippen LogP contribution >= 0.6 is 31.9 Å². The van der Waals surface area contributed by atoms with Gasteiger partial charge in [-0.05, 0) is 50.1 Å². The van der Waals surface area contributed by atoms with Crippen LogP contribution in [0.4, 0.5) is 14.5 Å². The Bertz CT molecular complexity index is 576. The van der Waals surface area contributed by atoms with Crippen molar-refractivity contribution in [3.8, 4) is 0 Å². The van der Waals surface area contributed by atoms with E-state index in [0.29, 0.717) is 12.2 Å². The van der Waals surface area contributed by atoms with E-state index < -0.39 is 11.6 Å². The second-order valence-electron chi connectivity index (χ2n) is 3.54. The lowest BCUT2D eigenvalue weighted by Gasteiger charge is -2.08. The summed E-state index contributed by atoms with van der Waals surface area (Å²) >= 11 is 6.64. The molecular formula is C12H8Br2F2N2. The van der Waals surface area contributed by atoms with E-state index in [4.69, 9.17) is 0 Å². The van der Waals surface area contributed by atoms with Gasteiger partial charge in [-0.2, -0.15) is 0 Å². The topological polar surface area (TPSA) is 24.9 Å². The van der Waals surface area contributed by atoms with Crippen LogP contribution in [0.2, 0.25) is 0 Å². The molecule has 0 aliphatic heterocycles. The molecule has 0 aliphatic carbocycles. The summed E-state index contributed by atoms with van der Waals surface area (Å²) in [6.07, 6.45) is 1.64. The van der Waals surface area contributed by atoms with Crippen molar-refractivity contribution in [1.82, 2.24) is 4.98 Å². The molecule has 2 nitrogen and oxygen atoms in total. The first-order valence-electron chi connectivity index (χ1n) is 5.05. The normalized spacial score (nSPS) is 10.4. The summed E-state index contributed by atoms with van der Waals surface area (Å²) < 4.78 is 28.0. The van der Waals surface area contributed by atoms with E-state index >= 15 is 0 Å². The van der Waals surface area contributed by atoms with E-state index in [1.807, 2.05) is 6.07 Å². The van der Waals surface area contributed by atoms with Gasteiger partial charge in [-0.25, -0.2) is 8.78 Å². The highest BCUT2D eigenvalue weighted by atomic mass is 79.9. The van der Waals surface area contributed by atoms with Gasteiger partial charge >= 0.3 is 0 Å². The Balaban J connectivity index is 2.14. The number of hydrogen-bond donors (Lipinski definition) is 1. The second-order valence-corrected chi connectivity index (χ2v) is 5.31. The standard InChI is InChI=1S/C12H8Br2F2N2/c13-7-4-8(14)11(17-5-7)6-18-10-3-1-2-9(15)12(10)16/h1-5,18H,6H2. The molecule has 0 radical (unpaired) electrons. The number of hydrogen-bond acceptors (Lipinski definition) is 2. The molecule has 0 amide bonds. The second kappa shape index (κ2) is 5.75. The lowest BCUT2D eigenvalue weighted by Crippen LogP contribution is -2.05. The summed E-state index contributed by atoms with van der Waals surface area (Å²) in [4.78, 5) is 4.17. The van der Waals surface area contributed by atoms with Crippen molar-refractivity contribution in [3.63, 3.8) is 0 Å². The highest BCUT2D eigenvalue weighted by Crippen LogP contribution is 2.22. The Hall–Kier alpha value is -1.01. The van der Waals surface area contributed by atoms with Crippen LogP contribution in [-0.2, 0) is 6.54 Å². The zero-order chi connectivity index (χ0) is 13.1. The number of benzene rings is 1. The smallest absolute Gasteiger partial charge is 0.181 e. The predicted molar refractivity (Wildman–Crippen MR) is 73.3 cm³/mol. The van der Waals surface area contributed by atoms with E-state index in [1.54, 1.807) is 6.20 Å². The molecular weight excluding hydrogens is 370 g/mol. The lowest BCUT2D eigenvalue weighted by molar-refractivity contribution is 0.511. The number of halogens is 4. The number of nitrogens with one attached hydrogen (secondary N) is 1. The van der Waals surface area contributed by atoms with Crippen LogP contribution in [0.1, 0.15) is 5.69 Å². The molecule has 0 unspecified atom stereocenters. The SMILES string of the molecule is Fc1cccc(NCc2ncc(Br)cc2Br)c1F. The van der Waals surface area contributed by atoms with E-state index in [-0.39, 0.29) is 5.69 Å². The summed E-state index contributed by atoms with van der Waals surface area (Å²) in [7, 11) is 0. The molecule has 2 rings (SSSR count). The van der Waals surface area contributed by atoms with E-state index in [9.17, 15) is 8.78 Å². The minimum atomic E-state index is -0.884. The average Bonchev–Trinajstić information content (AvgIpc) is 2.33. The van der Waals surface area contributed by atoms with Gasteiger partial charge in [0.15, 0.2) is 11.6 Å². The fraction of sp³-hybridized carbons (Fsp3) is 0.0833. The summed E-state index contributed by atoms with van der Waals surface area (Å²) in [5, 5.41) is 2.81. The molecule has 2 aromatic rings. The van der Waals surface area contributed by atoms with Crippen molar-refractivity contribution in [1.29, 1.82) is 0 Å². The molecule has 0 fully saturated rings. The summed E-state index contributed by atoms with van der Waals surface area (Å²) in [5.74, 6) is -1.76. The number of anilines is 1. The van der Waals surface area contributed by atoms with Gasteiger partial charge in [-0.1, -0.05) is 6.07 Å². The van der Waals surface area contributed by atoms with Gasteiger partial charge < -0.3 is 5.32 Å². The fourth-order valence-electron chi connectivity index (χ4n) is 1.39. The van der Waals surface area contributed by atoms with Crippen molar-refractivity contribution in [2.45, 2.75) is 6.54 Å². The fourth-order valence-corrected chi connectivity index (χ4v) is 2.52. The molecule has 1 N–H and O–H groups in total. The van der Waals surface area contributed by atoms with Crippen molar-refractivity contribution in [2.24, 2.45) is 0 Å². The molecule has 94 valence electrons. The minimum Gasteiger partial charge on any atom is -0.377 e. The van der Waals surface area contributed by atoms with Gasteiger partial charge in [0.2, 0.25) is 0 Å². The van der Waals surface area contributed by atoms with Crippen LogP contribution in [0.5, 0.6) is 0 Å². The lowest BCUT2D eigenvalue weighted by atomic mass is 10.3. The first kappa shape index (κ1) is 13.4. The van der Waals surface area contributed by atoms with Crippen LogP contribution in [0.3, 0.4) is 0 Å². The number of pyridine rings is 1. The first-order chi connectivity index (χ1) is 8.58. The quantitative estimate of drug-likeness (QED) is 0.851. The zero-order valence-corrected chi connectivity index (χ0v) is 12.2. The molecule has 1 heterocycles. The predicted octanol–water partition coefficient (Wildman–Crippen LogP) is 4.50. The Morgan fingerprint density at radius 2 is 2.00 bits per heavy atom. The van der Waals surface area contributed by atoms with Crippen molar-refractivity contribution < 1.29 is 8.78 Å². The number of nitrogens with zero attached hydrogens (tertiary/aromatic N) is 1. The highest BCUT2D eigenvalue weighted by Gasteiger charge is 2.08. The van der Waals surface area contributed by atoms with Gasteiger partial charge in [-0.15, -0.1) is 0 Å². The van der Waals surface area contributed by atoms with Crippen LogP contribution in [0, 0.1) is 11.6 Å². The van der Waals surface area contributed by atoms with Gasteiger partial charge in [-0.3, -0.25) is 4.98 Å². The monoisotopic (exact) mass is 376 g/mol. The van der Waals surface area contributed by atoms with Gasteiger partial charge in [0.1, 0.15) is 0 Å². The molecule has 0 aliphatic rings. The highest BCUT2D eigenvalue weighted by molar-refractivity contribution is 9.11. The molecule has 0 bridgehead atoms. The van der Waals surface area contributed by atoms with E-state index in [0.717, 1.165) is 15.0 Å². The largest absolute Gasteiger partial charge is 0.377 e. The van der Waals surface area contributed by atoms with E-state index in [2.05, 4.69) is 42.2 Å². The van der Waals surface area contributed by atoms with Gasteiger partial charge in [0.25, 0.3) is 0 Å². The van der Waals surface area contributed by atoms with Crippen LogP contribution < -0.4 is 5.32 Å². The molecule has 0 saturated carbocycles. The molecule has 1 aromatic carbocycles. The van der Waals surface area contributed by atoms with Crippen LogP contribution in [-0.4, -0.2) is 4.98 Å². The molecule has 0 atom stereocenters. The Morgan fingerprint density at radius 3 is 2.72 bits per heavy atom. The third-order valence-electron chi connectivity index (χ3n) is 2.28. The van der Waals surface area contributed by atoms with E-state index in [1.165, 1.54) is 12.1 Å². The summed E-state index contributed by atoms with van der Waals surface area (Å²) in [5.41, 5.74) is 0.827. The average molecular weight is 378 g/mol. The zero-order valence-electron chi connectivity index (χ0n) is 9.05. The number of rotatable bonds is 3. The maximum Gasteiger partial charge on any atom is 0.181 e. The van der Waals surface area contributed by atoms with Crippen LogP contribution in [0.25, 0.3) is 0 Å². The molecule has 0 spiro atoms. The summed E-state index contributed by atoms with van der Waals surface area (Å²) in [6, 6.07) is 5.84. The third-order valence-corrected chi connectivity index (χ3v) is 3.40. The Morgan fingerprint density at radius 1 is 1.22 bits per heavy atom. The minimum absolute atomic E-state index is 0.117. The molecule has 6 heteroatoms. The number of aromatic nitrogens is 1.